The van der Waals surface area contributed by atoms with Crippen LogP contribution in [0, 0.1) is 13.8 Å². The largest absolute Gasteiger partial charge is 0.336 e. The fraction of sp³-hybridized carbons (Fsp3) is 0.438. The van der Waals surface area contributed by atoms with Crippen molar-refractivity contribution in [3.8, 4) is 5.82 Å². The molecular formula is C16H20ClN5O. The number of carbonyl (C=O) groups is 1. The van der Waals surface area contributed by atoms with Crippen molar-refractivity contribution in [2.75, 3.05) is 20.1 Å². The maximum atomic E-state index is 12.7. The molecule has 23 heavy (non-hydrogen) atoms. The highest BCUT2D eigenvalue weighted by Crippen LogP contribution is 2.20. The van der Waals surface area contributed by atoms with Gasteiger partial charge in [0.05, 0.1) is 10.7 Å². The summed E-state index contributed by atoms with van der Waals surface area (Å²) in [6, 6.07) is 5.62. The Morgan fingerprint density at radius 3 is 2.83 bits per heavy atom. The SMILES string of the molecule is Cc1cc(C)n(-c2ccc(Cl)c(C(=O)N(C)C3CCNC3)n2)n1. The highest BCUT2D eigenvalue weighted by molar-refractivity contribution is 6.33. The van der Waals surface area contributed by atoms with Gasteiger partial charge >= 0.3 is 0 Å². The number of halogens is 1. The molecule has 0 radical (unpaired) electrons. The number of amides is 1. The molecule has 2 aromatic heterocycles. The Morgan fingerprint density at radius 2 is 2.22 bits per heavy atom. The molecule has 1 atom stereocenters. The van der Waals surface area contributed by atoms with E-state index in [1.807, 2.05) is 19.9 Å². The number of aryl methyl sites for hydroxylation is 2. The fourth-order valence-corrected chi connectivity index (χ4v) is 3.05. The van der Waals surface area contributed by atoms with E-state index in [0.29, 0.717) is 10.8 Å². The minimum absolute atomic E-state index is 0.160. The summed E-state index contributed by atoms with van der Waals surface area (Å²) in [5, 5.41) is 8.03. The molecule has 0 spiro atoms. The average Bonchev–Trinajstić information content (AvgIpc) is 3.16. The second-order valence-electron chi connectivity index (χ2n) is 5.90. The number of nitrogens with zero attached hydrogens (tertiary/aromatic N) is 4. The van der Waals surface area contributed by atoms with E-state index in [1.165, 1.54) is 0 Å². The van der Waals surface area contributed by atoms with Gasteiger partial charge in [0.1, 0.15) is 5.69 Å². The Labute approximate surface area is 140 Å². The first-order valence-corrected chi connectivity index (χ1v) is 8.03. The molecule has 7 heteroatoms. The van der Waals surface area contributed by atoms with Gasteiger partial charge in [-0.15, -0.1) is 0 Å². The van der Waals surface area contributed by atoms with E-state index in [9.17, 15) is 4.79 Å². The van der Waals surface area contributed by atoms with Crippen LogP contribution < -0.4 is 5.32 Å². The van der Waals surface area contributed by atoms with Crippen molar-refractivity contribution in [3.05, 3.63) is 40.3 Å². The monoisotopic (exact) mass is 333 g/mol. The molecule has 1 fully saturated rings. The van der Waals surface area contributed by atoms with Crippen LogP contribution in [0.2, 0.25) is 5.02 Å². The predicted octanol–water partition coefficient (Wildman–Crippen LogP) is 1.97. The standard InChI is InChI=1S/C16H20ClN5O/c1-10-8-11(2)22(20-10)14-5-4-13(17)15(19-14)16(23)21(3)12-6-7-18-9-12/h4-5,8,12,18H,6-7,9H2,1-3H3. The van der Waals surface area contributed by atoms with Crippen molar-refractivity contribution in [1.29, 1.82) is 0 Å². The number of hydrogen-bond donors (Lipinski definition) is 1. The first kappa shape index (κ1) is 16.0. The summed E-state index contributed by atoms with van der Waals surface area (Å²) in [6.45, 7) is 5.60. The third-order valence-corrected chi connectivity index (χ3v) is 4.47. The van der Waals surface area contributed by atoms with Gasteiger partial charge in [-0.25, -0.2) is 9.67 Å². The molecule has 1 N–H and O–H groups in total. The first-order valence-electron chi connectivity index (χ1n) is 7.65. The second-order valence-corrected chi connectivity index (χ2v) is 6.31. The molecule has 2 aromatic rings. The van der Waals surface area contributed by atoms with Gasteiger partial charge in [-0.05, 0) is 45.0 Å². The minimum atomic E-state index is -0.160. The van der Waals surface area contributed by atoms with Crippen LogP contribution in [0.25, 0.3) is 5.82 Å². The van der Waals surface area contributed by atoms with E-state index in [4.69, 9.17) is 11.6 Å². The van der Waals surface area contributed by atoms with E-state index in [1.54, 1.807) is 28.8 Å². The maximum Gasteiger partial charge on any atom is 0.274 e. The fourth-order valence-electron chi connectivity index (χ4n) is 2.86. The number of carbonyl (C=O) groups excluding carboxylic acids is 1. The van der Waals surface area contributed by atoms with Crippen LogP contribution in [0.5, 0.6) is 0 Å². The lowest BCUT2D eigenvalue weighted by Gasteiger charge is -2.23. The molecule has 1 unspecified atom stereocenters. The van der Waals surface area contributed by atoms with Crippen LogP contribution in [0.15, 0.2) is 18.2 Å². The normalized spacial score (nSPS) is 17.5. The highest BCUT2D eigenvalue weighted by Gasteiger charge is 2.26. The number of pyridine rings is 1. The van der Waals surface area contributed by atoms with Crippen molar-refractivity contribution in [1.82, 2.24) is 25.0 Å². The summed E-state index contributed by atoms with van der Waals surface area (Å²) in [5.74, 6) is 0.438. The minimum Gasteiger partial charge on any atom is -0.336 e. The zero-order valence-electron chi connectivity index (χ0n) is 13.5. The van der Waals surface area contributed by atoms with Crippen molar-refractivity contribution in [3.63, 3.8) is 0 Å². The molecule has 122 valence electrons. The van der Waals surface area contributed by atoms with E-state index in [2.05, 4.69) is 15.4 Å². The molecule has 1 aliphatic rings. The topological polar surface area (TPSA) is 63.1 Å². The van der Waals surface area contributed by atoms with Crippen molar-refractivity contribution in [2.45, 2.75) is 26.3 Å². The third kappa shape index (κ3) is 3.09. The van der Waals surface area contributed by atoms with Crippen molar-refractivity contribution < 1.29 is 4.79 Å². The van der Waals surface area contributed by atoms with Gasteiger partial charge in [-0.2, -0.15) is 5.10 Å². The van der Waals surface area contributed by atoms with Gasteiger partial charge in [0, 0.05) is 25.3 Å². The number of nitrogens with one attached hydrogen (secondary N) is 1. The molecule has 3 heterocycles. The van der Waals surface area contributed by atoms with Gasteiger partial charge in [-0.1, -0.05) is 11.6 Å². The van der Waals surface area contributed by atoms with Crippen LogP contribution in [0.3, 0.4) is 0 Å². The third-order valence-electron chi connectivity index (χ3n) is 4.16. The maximum absolute atomic E-state index is 12.7. The number of aromatic nitrogens is 3. The average molecular weight is 334 g/mol. The lowest BCUT2D eigenvalue weighted by molar-refractivity contribution is 0.0738. The summed E-state index contributed by atoms with van der Waals surface area (Å²) in [6.07, 6.45) is 0.941. The molecule has 3 rings (SSSR count). The van der Waals surface area contributed by atoms with Gasteiger partial charge in [0.15, 0.2) is 5.82 Å². The molecule has 0 bridgehead atoms. The summed E-state index contributed by atoms with van der Waals surface area (Å²) in [4.78, 5) is 18.9. The Kier molecular flexibility index (Phi) is 4.37. The van der Waals surface area contributed by atoms with E-state index in [0.717, 1.165) is 30.9 Å². The number of hydrogen-bond acceptors (Lipinski definition) is 4. The second kappa shape index (κ2) is 6.29. The molecule has 6 nitrogen and oxygen atoms in total. The van der Waals surface area contributed by atoms with Crippen LogP contribution in [-0.4, -0.2) is 51.8 Å². The van der Waals surface area contributed by atoms with Crippen LogP contribution in [0.1, 0.15) is 28.3 Å². The van der Waals surface area contributed by atoms with Gasteiger partial charge in [-0.3, -0.25) is 4.79 Å². The van der Waals surface area contributed by atoms with Crippen molar-refractivity contribution in [2.24, 2.45) is 0 Å². The van der Waals surface area contributed by atoms with Crippen LogP contribution >= 0.6 is 11.6 Å². The number of rotatable bonds is 3. The van der Waals surface area contributed by atoms with Gasteiger partial charge in [0.2, 0.25) is 0 Å². The highest BCUT2D eigenvalue weighted by atomic mass is 35.5. The summed E-state index contributed by atoms with van der Waals surface area (Å²) in [5.41, 5.74) is 2.14. The lowest BCUT2D eigenvalue weighted by Crippen LogP contribution is -2.39. The van der Waals surface area contributed by atoms with E-state index < -0.39 is 0 Å². The van der Waals surface area contributed by atoms with Crippen LogP contribution in [0.4, 0.5) is 0 Å². The Bertz CT molecular complexity index is 736. The Hall–Kier alpha value is -1.92. The Morgan fingerprint density at radius 1 is 1.43 bits per heavy atom. The van der Waals surface area contributed by atoms with Gasteiger partial charge in [0.25, 0.3) is 5.91 Å². The van der Waals surface area contributed by atoms with E-state index >= 15 is 0 Å². The molecule has 1 aliphatic heterocycles. The molecule has 1 saturated heterocycles. The molecular weight excluding hydrogens is 314 g/mol. The number of likely N-dealkylation sites (N-methyl/N-ethyl adjacent to an activating group) is 1. The van der Waals surface area contributed by atoms with Crippen LogP contribution in [-0.2, 0) is 0 Å². The zero-order chi connectivity index (χ0) is 16.6. The molecule has 0 aliphatic carbocycles. The van der Waals surface area contributed by atoms with E-state index in [-0.39, 0.29) is 17.6 Å². The summed E-state index contributed by atoms with van der Waals surface area (Å²) < 4.78 is 1.72. The zero-order valence-corrected chi connectivity index (χ0v) is 14.3. The summed E-state index contributed by atoms with van der Waals surface area (Å²) in [7, 11) is 1.80. The summed E-state index contributed by atoms with van der Waals surface area (Å²) >= 11 is 6.22. The Balaban J connectivity index is 1.94. The lowest BCUT2D eigenvalue weighted by atomic mass is 10.2. The molecule has 0 aromatic carbocycles. The smallest absolute Gasteiger partial charge is 0.274 e. The molecule has 0 saturated carbocycles. The van der Waals surface area contributed by atoms with Crippen molar-refractivity contribution >= 4 is 17.5 Å². The first-order chi connectivity index (χ1) is 11.0. The predicted molar refractivity (Wildman–Crippen MR) is 89.2 cm³/mol. The van der Waals surface area contributed by atoms with Gasteiger partial charge < -0.3 is 10.2 Å². The molecule has 1 amide bonds. The quantitative estimate of drug-likeness (QED) is 0.932.